The Morgan fingerprint density at radius 3 is 2.28 bits per heavy atom. The zero-order valence-corrected chi connectivity index (χ0v) is 28.5. The molecule has 0 aromatic rings. The molecule has 7 fully saturated rings. The van der Waals surface area contributed by atoms with Crippen LogP contribution in [0.3, 0.4) is 0 Å². The molecule has 5 aliphatic carbocycles. The molecule has 12 heteroatoms. The van der Waals surface area contributed by atoms with Gasteiger partial charge in [-0.25, -0.2) is 0 Å². The van der Waals surface area contributed by atoms with Gasteiger partial charge in [0.25, 0.3) is 0 Å². The predicted octanol–water partition coefficient (Wildman–Crippen LogP) is 0.634. The summed E-state index contributed by atoms with van der Waals surface area (Å²) in [5, 5.41) is 77.2. The van der Waals surface area contributed by atoms with Crippen LogP contribution in [0, 0.1) is 45.8 Å². The molecule has 0 aromatic heterocycles. The quantitative estimate of drug-likeness (QED) is 0.209. The Labute approximate surface area is 276 Å². The third kappa shape index (κ3) is 4.24. The molecule has 7 aliphatic rings. The van der Waals surface area contributed by atoms with Crippen LogP contribution in [0.4, 0.5) is 0 Å². The number of ketones is 1. The number of hydrogen-bond acceptors (Lipinski definition) is 12. The summed E-state index contributed by atoms with van der Waals surface area (Å²) in [5.41, 5.74) is -5.48. The Morgan fingerprint density at radius 1 is 0.936 bits per heavy atom. The Bertz CT molecular complexity index is 1260. The van der Waals surface area contributed by atoms with Crippen molar-refractivity contribution in [1.82, 2.24) is 0 Å². The lowest BCUT2D eigenvalue weighted by Gasteiger charge is -2.61. The Kier molecular flexibility index (Phi) is 8.02. The van der Waals surface area contributed by atoms with E-state index in [4.69, 9.17) is 18.9 Å². The fourth-order valence-corrected chi connectivity index (χ4v) is 12.4. The number of aliphatic hydroxyl groups is 7. The summed E-state index contributed by atoms with van der Waals surface area (Å²) in [6.45, 7) is 8.82. The van der Waals surface area contributed by atoms with Crippen molar-refractivity contribution in [2.45, 2.75) is 152 Å². The molecule has 5 saturated carbocycles. The Morgan fingerprint density at radius 2 is 1.62 bits per heavy atom. The van der Waals surface area contributed by atoms with Gasteiger partial charge >= 0.3 is 0 Å². The van der Waals surface area contributed by atoms with Crippen LogP contribution in [-0.2, 0) is 23.7 Å². The van der Waals surface area contributed by atoms with E-state index in [9.17, 15) is 40.5 Å². The Balaban J connectivity index is 1.15. The highest BCUT2D eigenvalue weighted by molar-refractivity contribution is 5.91. The second-order valence-corrected chi connectivity index (χ2v) is 17.2. The summed E-state index contributed by atoms with van der Waals surface area (Å²) < 4.78 is 24.0. The highest BCUT2D eigenvalue weighted by Gasteiger charge is 2.81. The van der Waals surface area contributed by atoms with E-state index in [0.29, 0.717) is 31.0 Å². The van der Waals surface area contributed by atoms with Gasteiger partial charge in [-0.15, -0.1) is 0 Å². The molecule has 12 nitrogen and oxygen atoms in total. The van der Waals surface area contributed by atoms with Crippen LogP contribution in [0.25, 0.3) is 0 Å². The first kappa shape index (κ1) is 34.7. The van der Waals surface area contributed by atoms with E-state index in [2.05, 4.69) is 13.8 Å². The van der Waals surface area contributed by atoms with Crippen molar-refractivity contribution in [2.75, 3.05) is 13.7 Å². The van der Waals surface area contributed by atoms with Crippen LogP contribution < -0.4 is 0 Å². The number of hydrogen-bond donors (Lipinski definition) is 7. The van der Waals surface area contributed by atoms with Gasteiger partial charge in [0.1, 0.15) is 41.4 Å². The lowest BCUT2D eigenvalue weighted by Crippen LogP contribution is -2.70. The normalized spacial score (nSPS) is 60.7. The largest absolute Gasteiger partial charge is 0.394 e. The van der Waals surface area contributed by atoms with Crippen molar-refractivity contribution < 1.29 is 59.5 Å². The zero-order chi connectivity index (χ0) is 34.3. The van der Waals surface area contributed by atoms with Crippen LogP contribution in [0.2, 0.25) is 0 Å². The maximum atomic E-state index is 13.5. The van der Waals surface area contributed by atoms with Gasteiger partial charge in [0, 0.05) is 36.7 Å². The second kappa shape index (κ2) is 10.9. The molecule has 7 N–H and O–H groups in total. The minimum absolute atomic E-state index is 0.116. The van der Waals surface area contributed by atoms with Crippen LogP contribution in [-0.4, -0.2) is 121 Å². The summed E-state index contributed by atoms with van der Waals surface area (Å²) in [6, 6.07) is 0. The lowest BCUT2D eigenvalue weighted by molar-refractivity contribution is -0.402. The standard InChI is InChI=1S/C35H56O12/c1-16(21-14-31(3,44-6)33(5,42)29(46-21)47-28-27(41)26(40)25(39)22(15-36)45-28)35(43)10-8-19-18-12-24(38)34-13-17(34)11-23(37)32(34,4)20(18)7-9-30(19,35)2/h16-22,24-29,36,38-43H,7-15H2,1-6H3. The number of carbonyl (C=O) groups excluding carboxylic acids is 1. The molecule has 2 saturated heterocycles. The summed E-state index contributed by atoms with van der Waals surface area (Å²) in [4.78, 5) is 13.5. The maximum absolute atomic E-state index is 13.5. The van der Waals surface area contributed by atoms with Crippen LogP contribution in [0.5, 0.6) is 0 Å². The Hall–Kier alpha value is -0.770. The first-order chi connectivity index (χ1) is 21.9. The predicted molar refractivity (Wildman–Crippen MR) is 164 cm³/mol. The lowest BCUT2D eigenvalue weighted by atomic mass is 9.44. The number of carbonyl (C=O) groups is 1. The molecule has 47 heavy (non-hydrogen) atoms. The van der Waals surface area contributed by atoms with Crippen molar-refractivity contribution in [2.24, 2.45) is 45.8 Å². The molecule has 2 aliphatic heterocycles. The molecule has 19 atom stereocenters. The molecule has 2 heterocycles. The van der Waals surface area contributed by atoms with E-state index in [1.807, 2.05) is 6.92 Å². The number of methoxy groups -OCH3 is 1. The van der Waals surface area contributed by atoms with E-state index < -0.39 is 89.4 Å². The maximum Gasteiger partial charge on any atom is 0.192 e. The molecule has 19 unspecified atom stereocenters. The van der Waals surface area contributed by atoms with Crippen molar-refractivity contribution in [3.8, 4) is 0 Å². The topological polar surface area (TPSA) is 196 Å². The third-order valence-electron chi connectivity index (χ3n) is 15.9. The summed E-state index contributed by atoms with van der Waals surface area (Å²) >= 11 is 0. The summed E-state index contributed by atoms with van der Waals surface area (Å²) in [5.74, 6) is 0.583. The first-order valence-corrected chi connectivity index (χ1v) is 17.7. The monoisotopic (exact) mass is 668 g/mol. The van der Waals surface area contributed by atoms with Gasteiger partial charge in [0.2, 0.25) is 0 Å². The number of ether oxygens (including phenoxy) is 4. The van der Waals surface area contributed by atoms with E-state index in [1.165, 1.54) is 14.0 Å². The van der Waals surface area contributed by atoms with Crippen LogP contribution in [0.15, 0.2) is 0 Å². The second-order valence-electron chi connectivity index (χ2n) is 17.2. The van der Waals surface area contributed by atoms with Crippen molar-refractivity contribution in [1.29, 1.82) is 0 Å². The molecule has 0 aromatic carbocycles. The van der Waals surface area contributed by atoms with Crippen LogP contribution >= 0.6 is 0 Å². The summed E-state index contributed by atoms with van der Waals surface area (Å²) in [6.07, 6.45) is -5.07. The molecule has 1 spiro atoms. The van der Waals surface area contributed by atoms with Gasteiger partial charge in [-0.1, -0.05) is 20.8 Å². The van der Waals surface area contributed by atoms with E-state index in [1.54, 1.807) is 6.92 Å². The van der Waals surface area contributed by atoms with Gasteiger partial charge in [0.15, 0.2) is 12.6 Å². The van der Waals surface area contributed by atoms with Gasteiger partial charge in [-0.2, -0.15) is 0 Å². The van der Waals surface area contributed by atoms with Crippen molar-refractivity contribution in [3.05, 3.63) is 0 Å². The molecular formula is C35H56O12. The number of rotatable bonds is 6. The molecule has 0 radical (unpaired) electrons. The first-order valence-electron chi connectivity index (χ1n) is 17.7. The van der Waals surface area contributed by atoms with E-state index in [-0.39, 0.29) is 29.6 Å². The number of fused-ring (bicyclic) bond motifs is 4. The number of Topliss-reactive ketones (excluding diaryl/α,β-unsaturated/α-hetero) is 1. The fraction of sp³-hybridized carbons (Fsp3) is 0.971. The smallest absolute Gasteiger partial charge is 0.192 e. The van der Waals surface area contributed by atoms with Crippen molar-refractivity contribution >= 4 is 5.78 Å². The average Bonchev–Trinajstić information content (AvgIpc) is 3.61. The average molecular weight is 669 g/mol. The van der Waals surface area contributed by atoms with E-state index in [0.717, 1.165) is 25.7 Å². The minimum atomic E-state index is -1.78. The van der Waals surface area contributed by atoms with Crippen LogP contribution in [0.1, 0.15) is 86.0 Å². The zero-order valence-electron chi connectivity index (χ0n) is 28.5. The summed E-state index contributed by atoms with van der Waals surface area (Å²) in [7, 11) is 1.48. The molecule has 0 amide bonds. The van der Waals surface area contributed by atoms with Gasteiger partial charge in [-0.05, 0) is 81.5 Å². The van der Waals surface area contributed by atoms with E-state index >= 15 is 0 Å². The molecule has 268 valence electrons. The minimum Gasteiger partial charge on any atom is -0.394 e. The number of aliphatic hydroxyl groups excluding tert-OH is 5. The van der Waals surface area contributed by atoms with Gasteiger partial charge < -0.3 is 54.7 Å². The molecular weight excluding hydrogens is 612 g/mol. The highest BCUT2D eigenvalue weighted by atomic mass is 16.8. The highest BCUT2D eigenvalue weighted by Crippen LogP contribution is 2.81. The van der Waals surface area contributed by atoms with Gasteiger partial charge in [0.05, 0.1) is 24.4 Å². The third-order valence-corrected chi connectivity index (χ3v) is 15.9. The fourth-order valence-electron chi connectivity index (χ4n) is 12.4. The molecule has 0 bridgehead atoms. The van der Waals surface area contributed by atoms with Crippen molar-refractivity contribution in [3.63, 3.8) is 0 Å². The molecule has 7 rings (SSSR count). The SMILES string of the molecule is COC1(C)CC(C(C)C2(O)CCC3C4CC(O)C56CC5CC(=O)C6(C)C4CCC32C)OC(OC2OC(CO)C(O)C(O)C2O)C1(C)O. The van der Waals surface area contributed by atoms with Gasteiger partial charge in [-0.3, -0.25) is 4.79 Å².